The normalized spacial score (nSPS) is 25.4. The van der Waals surface area contributed by atoms with Crippen LogP contribution in [0.2, 0.25) is 0 Å². The minimum atomic E-state index is -0.831. The van der Waals surface area contributed by atoms with Crippen LogP contribution in [0.3, 0.4) is 0 Å². The van der Waals surface area contributed by atoms with Crippen molar-refractivity contribution in [3.05, 3.63) is 0 Å². The fourth-order valence-corrected chi connectivity index (χ4v) is 5.29. The summed E-state index contributed by atoms with van der Waals surface area (Å²) in [6.07, 6.45) is 5.15. The van der Waals surface area contributed by atoms with Crippen LogP contribution in [0.15, 0.2) is 0 Å². The highest BCUT2D eigenvalue weighted by atomic mass is 16.4. The molecule has 0 saturated carbocycles. The number of nitrogens with zero attached hydrogens (tertiary/aromatic N) is 4. The van der Waals surface area contributed by atoms with Crippen molar-refractivity contribution in [2.45, 2.75) is 64.8 Å². The van der Waals surface area contributed by atoms with E-state index in [1.807, 2.05) is 11.8 Å². The fourth-order valence-electron chi connectivity index (χ4n) is 5.29. The third kappa shape index (κ3) is 9.98. The Bertz CT molecular complexity index is 647. The molecule has 9 nitrogen and oxygen atoms in total. The first-order valence-corrected chi connectivity index (χ1v) is 13.2. The summed E-state index contributed by atoms with van der Waals surface area (Å²) in [5.41, 5.74) is 0. The van der Waals surface area contributed by atoms with Gasteiger partial charge >= 0.3 is 11.9 Å². The second-order valence-electron chi connectivity index (χ2n) is 9.85. The van der Waals surface area contributed by atoms with Crippen LogP contribution in [-0.4, -0.2) is 126 Å². The molecule has 0 aromatic heterocycles. The molecular formula is C25H46N4O5. The van der Waals surface area contributed by atoms with E-state index < -0.39 is 18.0 Å². The van der Waals surface area contributed by atoms with E-state index in [0.717, 1.165) is 84.5 Å². The quantitative estimate of drug-likeness (QED) is 0.455. The lowest BCUT2D eigenvalue weighted by Crippen LogP contribution is -2.50. The van der Waals surface area contributed by atoms with Crippen LogP contribution in [0.1, 0.15) is 58.8 Å². The highest BCUT2D eigenvalue weighted by molar-refractivity contribution is 5.82. The summed E-state index contributed by atoms with van der Waals surface area (Å²) < 4.78 is 0. The van der Waals surface area contributed by atoms with Crippen LogP contribution >= 0.6 is 0 Å². The number of carboxylic acids is 2. The summed E-state index contributed by atoms with van der Waals surface area (Å²) in [4.78, 5) is 45.0. The Morgan fingerprint density at radius 2 is 1.38 bits per heavy atom. The van der Waals surface area contributed by atoms with Gasteiger partial charge in [-0.25, -0.2) is 0 Å². The Labute approximate surface area is 205 Å². The van der Waals surface area contributed by atoms with Crippen LogP contribution in [0.25, 0.3) is 0 Å². The number of hydrogen-bond acceptors (Lipinski definition) is 7. The third-order valence-corrected chi connectivity index (χ3v) is 7.37. The Balaban J connectivity index is 2.02. The monoisotopic (exact) mass is 482 g/mol. The molecule has 4 atom stereocenters. The van der Waals surface area contributed by atoms with E-state index in [4.69, 9.17) is 0 Å². The van der Waals surface area contributed by atoms with Crippen molar-refractivity contribution in [2.75, 3.05) is 72.0 Å². The molecule has 9 heteroatoms. The van der Waals surface area contributed by atoms with Crippen molar-refractivity contribution in [2.24, 2.45) is 5.92 Å². The maximum atomic E-state index is 12.7. The molecule has 2 N–H and O–H groups in total. The maximum absolute atomic E-state index is 12.7. The van der Waals surface area contributed by atoms with E-state index in [1.165, 1.54) is 0 Å². The van der Waals surface area contributed by atoms with Gasteiger partial charge in [-0.2, -0.15) is 0 Å². The van der Waals surface area contributed by atoms with E-state index in [1.54, 1.807) is 0 Å². The summed E-state index contributed by atoms with van der Waals surface area (Å²) in [7, 11) is 0. The van der Waals surface area contributed by atoms with Gasteiger partial charge in [0.1, 0.15) is 11.8 Å². The number of aliphatic carboxylic acids is 2. The SMILES string of the molecule is CCCC(CC)C(=O)CCC(C(=O)O)N1CCCN2CCN(CCCN(CC(=O)O)CC2)CC1. The van der Waals surface area contributed by atoms with E-state index >= 15 is 0 Å². The smallest absolute Gasteiger partial charge is 0.320 e. The molecule has 2 rings (SSSR count). The molecule has 0 aromatic rings. The predicted molar refractivity (Wildman–Crippen MR) is 132 cm³/mol. The Morgan fingerprint density at radius 3 is 1.97 bits per heavy atom. The average molecular weight is 483 g/mol. The van der Waals surface area contributed by atoms with Crippen LogP contribution in [0.5, 0.6) is 0 Å². The Morgan fingerprint density at radius 1 is 0.765 bits per heavy atom. The van der Waals surface area contributed by atoms with Gasteiger partial charge < -0.3 is 20.0 Å². The highest BCUT2D eigenvalue weighted by Crippen LogP contribution is 2.18. The lowest BCUT2D eigenvalue weighted by molar-refractivity contribution is -0.144. The molecular weight excluding hydrogens is 436 g/mol. The zero-order chi connectivity index (χ0) is 24.9. The number of rotatable bonds is 11. The van der Waals surface area contributed by atoms with Crippen molar-refractivity contribution in [1.29, 1.82) is 0 Å². The zero-order valence-corrected chi connectivity index (χ0v) is 21.3. The van der Waals surface area contributed by atoms with Crippen LogP contribution in [0.4, 0.5) is 0 Å². The topological polar surface area (TPSA) is 105 Å². The molecule has 0 radical (unpaired) electrons. The number of carboxylic acid groups (broad SMARTS) is 2. The van der Waals surface area contributed by atoms with E-state index in [9.17, 15) is 24.6 Å². The molecule has 0 aromatic carbocycles. The molecule has 4 unspecified atom stereocenters. The van der Waals surface area contributed by atoms with Crippen molar-refractivity contribution in [1.82, 2.24) is 19.6 Å². The van der Waals surface area contributed by atoms with Gasteiger partial charge in [0.25, 0.3) is 0 Å². The first-order chi connectivity index (χ1) is 16.3. The first kappa shape index (κ1) is 28.7. The van der Waals surface area contributed by atoms with Gasteiger partial charge in [-0.3, -0.25) is 24.2 Å². The van der Waals surface area contributed by atoms with Gasteiger partial charge in [-0.15, -0.1) is 0 Å². The van der Waals surface area contributed by atoms with Gasteiger partial charge in [0.15, 0.2) is 0 Å². The minimum absolute atomic E-state index is 0.0498. The second-order valence-corrected chi connectivity index (χ2v) is 9.85. The highest BCUT2D eigenvalue weighted by Gasteiger charge is 2.28. The summed E-state index contributed by atoms with van der Waals surface area (Å²) in [6, 6.07) is -0.628. The van der Waals surface area contributed by atoms with Gasteiger partial charge in [-0.1, -0.05) is 20.3 Å². The van der Waals surface area contributed by atoms with Crippen molar-refractivity contribution in [3.8, 4) is 0 Å². The molecule has 2 bridgehead atoms. The van der Waals surface area contributed by atoms with E-state index in [-0.39, 0.29) is 18.2 Å². The number of fused-ring (bicyclic) bond motifs is 3. The molecule has 2 heterocycles. The average Bonchev–Trinajstić information content (AvgIpc) is 2.80. The fraction of sp³-hybridized carbons (Fsp3) is 0.880. The van der Waals surface area contributed by atoms with Gasteiger partial charge in [0, 0.05) is 64.7 Å². The first-order valence-electron chi connectivity index (χ1n) is 13.2. The van der Waals surface area contributed by atoms with E-state index in [0.29, 0.717) is 25.9 Å². The van der Waals surface area contributed by atoms with Crippen molar-refractivity contribution >= 4 is 17.7 Å². The third-order valence-electron chi connectivity index (χ3n) is 7.37. The van der Waals surface area contributed by atoms with Crippen LogP contribution in [-0.2, 0) is 14.4 Å². The number of Topliss-reactive ketones (excluding diaryl/α,β-unsaturated/α-hetero) is 1. The zero-order valence-electron chi connectivity index (χ0n) is 21.3. The van der Waals surface area contributed by atoms with Crippen molar-refractivity contribution < 1.29 is 24.6 Å². The van der Waals surface area contributed by atoms with Crippen LogP contribution < -0.4 is 0 Å². The molecule has 196 valence electrons. The molecule has 2 saturated heterocycles. The van der Waals surface area contributed by atoms with Gasteiger partial charge in [0.05, 0.1) is 6.54 Å². The predicted octanol–water partition coefficient (Wildman–Crippen LogP) is 1.72. The van der Waals surface area contributed by atoms with Crippen molar-refractivity contribution in [3.63, 3.8) is 0 Å². The lowest BCUT2D eigenvalue weighted by Gasteiger charge is -2.37. The number of carbonyl (C=O) groups is 3. The summed E-state index contributed by atoms with van der Waals surface area (Å²) in [5.74, 6) is -1.36. The van der Waals surface area contributed by atoms with Gasteiger partial charge in [0.2, 0.25) is 0 Å². The summed E-state index contributed by atoms with van der Waals surface area (Å²) in [6.45, 7) is 12.3. The molecule has 0 amide bonds. The van der Waals surface area contributed by atoms with Gasteiger partial charge in [-0.05, 0) is 45.2 Å². The Hall–Kier alpha value is -1.55. The molecule has 34 heavy (non-hydrogen) atoms. The summed E-state index contributed by atoms with van der Waals surface area (Å²) >= 11 is 0. The Kier molecular flexibility index (Phi) is 13.0. The molecule has 2 aliphatic heterocycles. The van der Waals surface area contributed by atoms with Crippen LogP contribution in [0, 0.1) is 5.92 Å². The summed E-state index contributed by atoms with van der Waals surface area (Å²) in [5, 5.41) is 19.2. The molecule has 0 aliphatic carbocycles. The molecule has 0 spiro atoms. The van der Waals surface area contributed by atoms with E-state index in [2.05, 4.69) is 21.6 Å². The molecule has 2 aliphatic rings. The molecule has 2 fully saturated rings. The number of hydrogen-bond donors (Lipinski definition) is 2. The second kappa shape index (κ2) is 15.4. The largest absolute Gasteiger partial charge is 0.480 e. The minimum Gasteiger partial charge on any atom is -0.480 e. The lowest BCUT2D eigenvalue weighted by atomic mass is 9.92. The maximum Gasteiger partial charge on any atom is 0.320 e. The standard InChI is InChI=1S/C25H46N4O5/c1-3-7-21(4-2)23(30)9-8-22(25(33)34)29-13-6-11-26-14-15-27(18-19-29)10-5-12-28(17-16-26)20-24(31)32/h21-22H,3-20H2,1-2H3,(H,31,32)(H,33,34). The number of carbonyl (C=O) groups excluding carboxylic acids is 1. The number of ketones is 1.